The Labute approximate surface area is 169 Å². The van der Waals surface area contributed by atoms with Gasteiger partial charge in [0.2, 0.25) is 0 Å². The van der Waals surface area contributed by atoms with Gasteiger partial charge in [0.1, 0.15) is 11.3 Å². The first-order valence-electron chi connectivity index (χ1n) is 9.77. The van der Waals surface area contributed by atoms with Crippen molar-refractivity contribution >= 4 is 22.6 Å². The highest BCUT2D eigenvalue weighted by atomic mass is 16.5. The van der Waals surface area contributed by atoms with Crippen LogP contribution in [0.25, 0.3) is 11.0 Å². The number of piperazine rings is 1. The number of hydrogen-bond acceptors (Lipinski definition) is 5. The van der Waals surface area contributed by atoms with Crippen LogP contribution in [0.5, 0.6) is 5.75 Å². The Morgan fingerprint density at radius 3 is 2.52 bits per heavy atom. The number of hydrogen-bond donors (Lipinski definition) is 0. The van der Waals surface area contributed by atoms with Crippen LogP contribution < -0.4 is 15.3 Å². The molecule has 0 radical (unpaired) electrons. The van der Waals surface area contributed by atoms with Crippen LogP contribution in [0.15, 0.2) is 57.7 Å². The number of amides is 1. The summed E-state index contributed by atoms with van der Waals surface area (Å²) in [6.45, 7) is 6.87. The molecule has 1 aliphatic heterocycles. The van der Waals surface area contributed by atoms with Crippen LogP contribution in [0.2, 0.25) is 0 Å². The van der Waals surface area contributed by atoms with Crippen molar-refractivity contribution in [2.75, 3.05) is 37.7 Å². The fourth-order valence-electron chi connectivity index (χ4n) is 3.75. The number of aryl methyl sites for hydroxylation is 2. The van der Waals surface area contributed by atoms with Crippen LogP contribution in [0.3, 0.4) is 0 Å². The van der Waals surface area contributed by atoms with Crippen molar-refractivity contribution < 1.29 is 13.9 Å². The van der Waals surface area contributed by atoms with E-state index in [0.717, 1.165) is 24.0 Å². The summed E-state index contributed by atoms with van der Waals surface area (Å²) in [6.07, 6.45) is 0. The number of ether oxygens (including phenoxy) is 1. The summed E-state index contributed by atoms with van der Waals surface area (Å²) in [7, 11) is 0. The summed E-state index contributed by atoms with van der Waals surface area (Å²) in [5.41, 5.74) is 3.39. The molecule has 1 fully saturated rings. The van der Waals surface area contributed by atoms with E-state index in [0.29, 0.717) is 24.4 Å². The summed E-state index contributed by atoms with van der Waals surface area (Å²) in [4.78, 5) is 28.3. The minimum atomic E-state index is -0.394. The zero-order valence-electron chi connectivity index (χ0n) is 16.7. The van der Waals surface area contributed by atoms with E-state index in [1.165, 1.54) is 17.3 Å². The Balaban J connectivity index is 1.35. The van der Waals surface area contributed by atoms with Gasteiger partial charge in [0.15, 0.2) is 6.61 Å². The van der Waals surface area contributed by atoms with Crippen molar-refractivity contribution in [2.45, 2.75) is 13.8 Å². The average Bonchev–Trinajstić information content (AvgIpc) is 2.72. The van der Waals surface area contributed by atoms with E-state index in [9.17, 15) is 9.59 Å². The molecule has 0 N–H and O–H groups in total. The summed E-state index contributed by atoms with van der Waals surface area (Å²) in [5.74, 6) is 0.471. The van der Waals surface area contributed by atoms with Crippen molar-refractivity contribution in [1.82, 2.24) is 4.90 Å². The van der Waals surface area contributed by atoms with Gasteiger partial charge in [-0.2, -0.15) is 0 Å². The fourth-order valence-corrected chi connectivity index (χ4v) is 3.75. The monoisotopic (exact) mass is 392 g/mol. The number of benzene rings is 2. The summed E-state index contributed by atoms with van der Waals surface area (Å²) in [5, 5.41) is 0.857. The van der Waals surface area contributed by atoms with Gasteiger partial charge in [-0.3, -0.25) is 4.79 Å². The van der Waals surface area contributed by atoms with Gasteiger partial charge in [-0.05, 0) is 43.2 Å². The molecule has 1 amide bonds. The zero-order chi connectivity index (χ0) is 20.4. The molecule has 1 aliphatic rings. The Bertz CT molecular complexity index is 1100. The molecule has 1 saturated heterocycles. The Hall–Kier alpha value is -3.28. The van der Waals surface area contributed by atoms with Gasteiger partial charge in [-0.15, -0.1) is 0 Å². The second-order valence-corrected chi connectivity index (χ2v) is 7.35. The van der Waals surface area contributed by atoms with E-state index in [2.05, 4.69) is 24.0 Å². The van der Waals surface area contributed by atoms with Crippen molar-refractivity contribution in [3.63, 3.8) is 0 Å². The van der Waals surface area contributed by atoms with E-state index in [-0.39, 0.29) is 12.5 Å². The third-order valence-corrected chi connectivity index (χ3v) is 5.37. The SMILES string of the molecule is Cc1ccccc1N1CCN(C(=O)COc2ccc3c(C)cc(=O)oc3c2)CC1. The number of rotatable bonds is 4. The predicted molar refractivity (Wildman–Crippen MR) is 113 cm³/mol. The summed E-state index contributed by atoms with van der Waals surface area (Å²) < 4.78 is 10.9. The minimum absolute atomic E-state index is 0.0358. The molecule has 0 saturated carbocycles. The summed E-state index contributed by atoms with van der Waals surface area (Å²) in [6, 6.07) is 15.1. The van der Waals surface area contributed by atoms with Gasteiger partial charge in [0.05, 0.1) is 0 Å². The minimum Gasteiger partial charge on any atom is -0.484 e. The highest BCUT2D eigenvalue weighted by molar-refractivity contribution is 5.82. The number of nitrogens with zero attached hydrogens (tertiary/aromatic N) is 2. The number of fused-ring (bicyclic) bond motifs is 1. The number of para-hydroxylation sites is 1. The molecule has 2 heterocycles. The molecule has 0 unspecified atom stereocenters. The Kier molecular flexibility index (Phi) is 5.25. The van der Waals surface area contributed by atoms with Gasteiger partial charge in [-0.1, -0.05) is 18.2 Å². The lowest BCUT2D eigenvalue weighted by Gasteiger charge is -2.36. The second kappa shape index (κ2) is 7.99. The number of anilines is 1. The maximum Gasteiger partial charge on any atom is 0.336 e. The number of carbonyl (C=O) groups excluding carboxylic acids is 1. The molecule has 4 rings (SSSR count). The molecular weight excluding hydrogens is 368 g/mol. The first-order chi connectivity index (χ1) is 14.0. The van der Waals surface area contributed by atoms with Crippen molar-refractivity contribution in [2.24, 2.45) is 0 Å². The standard InChI is InChI=1S/C23H24N2O4/c1-16-5-3-4-6-20(16)24-9-11-25(12-10-24)22(26)15-28-18-7-8-19-17(2)13-23(27)29-21(19)14-18/h3-8,13-14H,9-12,15H2,1-2H3. The van der Waals surface area contributed by atoms with Gasteiger partial charge >= 0.3 is 5.63 Å². The highest BCUT2D eigenvalue weighted by Crippen LogP contribution is 2.23. The average molecular weight is 392 g/mol. The highest BCUT2D eigenvalue weighted by Gasteiger charge is 2.22. The van der Waals surface area contributed by atoms with Crippen LogP contribution in [0, 0.1) is 13.8 Å². The largest absolute Gasteiger partial charge is 0.484 e. The molecular formula is C23H24N2O4. The third-order valence-electron chi connectivity index (χ3n) is 5.37. The van der Waals surface area contributed by atoms with Gasteiger partial charge in [0.25, 0.3) is 5.91 Å². The topological polar surface area (TPSA) is 63.0 Å². The first kappa shape index (κ1) is 19.1. The van der Waals surface area contributed by atoms with Crippen LogP contribution in [-0.4, -0.2) is 43.6 Å². The summed E-state index contributed by atoms with van der Waals surface area (Å²) >= 11 is 0. The van der Waals surface area contributed by atoms with E-state index in [1.54, 1.807) is 12.1 Å². The van der Waals surface area contributed by atoms with E-state index >= 15 is 0 Å². The Morgan fingerprint density at radius 1 is 1.00 bits per heavy atom. The lowest BCUT2D eigenvalue weighted by molar-refractivity contribution is -0.133. The second-order valence-electron chi connectivity index (χ2n) is 7.35. The van der Waals surface area contributed by atoms with Crippen molar-refractivity contribution in [3.05, 3.63) is 70.1 Å². The van der Waals surface area contributed by atoms with Crippen molar-refractivity contribution in [3.8, 4) is 5.75 Å². The Morgan fingerprint density at radius 2 is 1.76 bits per heavy atom. The fraction of sp³-hybridized carbons (Fsp3) is 0.304. The molecule has 3 aromatic rings. The van der Waals surface area contributed by atoms with Crippen LogP contribution in [0.4, 0.5) is 5.69 Å². The normalized spacial score (nSPS) is 14.3. The van der Waals surface area contributed by atoms with Crippen LogP contribution in [0.1, 0.15) is 11.1 Å². The predicted octanol–water partition coefficient (Wildman–Crippen LogP) is 3.14. The maximum absolute atomic E-state index is 12.6. The molecule has 6 nitrogen and oxygen atoms in total. The molecule has 29 heavy (non-hydrogen) atoms. The van der Waals surface area contributed by atoms with E-state index < -0.39 is 5.63 Å². The van der Waals surface area contributed by atoms with Gasteiger partial charge < -0.3 is 19.0 Å². The molecule has 0 atom stereocenters. The number of carbonyl (C=O) groups is 1. The molecule has 150 valence electrons. The van der Waals surface area contributed by atoms with E-state index in [1.807, 2.05) is 30.0 Å². The molecule has 1 aromatic heterocycles. The quantitative estimate of drug-likeness (QED) is 0.639. The molecule has 0 spiro atoms. The van der Waals surface area contributed by atoms with Crippen molar-refractivity contribution in [1.29, 1.82) is 0 Å². The molecule has 6 heteroatoms. The smallest absolute Gasteiger partial charge is 0.336 e. The molecule has 0 bridgehead atoms. The zero-order valence-corrected chi connectivity index (χ0v) is 16.7. The van der Waals surface area contributed by atoms with Gasteiger partial charge in [0, 0.05) is 49.4 Å². The molecule has 2 aromatic carbocycles. The molecule has 0 aliphatic carbocycles. The maximum atomic E-state index is 12.6. The van der Waals surface area contributed by atoms with Crippen LogP contribution in [-0.2, 0) is 4.79 Å². The lowest BCUT2D eigenvalue weighted by atomic mass is 10.1. The third kappa shape index (κ3) is 4.11. The van der Waals surface area contributed by atoms with Gasteiger partial charge in [-0.25, -0.2) is 4.79 Å². The van der Waals surface area contributed by atoms with Crippen LogP contribution >= 0.6 is 0 Å². The van der Waals surface area contributed by atoms with E-state index in [4.69, 9.17) is 9.15 Å². The lowest BCUT2D eigenvalue weighted by Crippen LogP contribution is -2.50. The first-order valence-corrected chi connectivity index (χ1v) is 9.77.